The zero-order chi connectivity index (χ0) is 36.8. The van der Waals surface area contributed by atoms with E-state index in [1.165, 1.54) is 18.2 Å². The Hall–Kier alpha value is -1.77. The first kappa shape index (κ1) is 38.0. The largest absolute Gasteiger partial charge is 0.394 e. The zero-order valence-electron chi connectivity index (χ0n) is 28.2. The van der Waals surface area contributed by atoms with Crippen molar-refractivity contribution in [2.45, 2.75) is 119 Å². The number of aliphatic hydroxyl groups is 9. The van der Waals surface area contributed by atoms with Crippen LogP contribution in [-0.4, -0.2) is 156 Å². The SMILES string of the molecule is C[C@H]1C[C@H]2[C@@H]3CCC4=CC(=O)C=C[C@]4(C)[C@@]3(F)[C@@H](O)C[C@]2(C)[C@@]1(O)C(=O)CO[C@]1(CO)O[C@H](CO)[C@H](O[C@@H]2OC(CO)[C@H](O)[C@@H](O)C2O)C1O. The fourth-order valence-electron chi connectivity index (χ4n) is 10.2. The van der Waals surface area contributed by atoms with E-state index in [-0.39, 0.29) is 25.0 Å². The van der Waals surface area contributed by atoms with Gasteiger partial charge in [-0.25, -0.2) is 4.39 Å². The maximum absolute atomic E-state index is 17.5. The van der Waals surface area contributed by atoms with Gasteiger partial charge in [0.15, 0.2) is 23.5 Å². The van der Waals surface area contributed by atoms with Gasteiger partial charge < -0.3 is 64.9 Å². The Morgan fingerprint density at radius 2 is 1.70 bits per heavy atom. The molecule has 50 heavy (non-hydrogen) atoms. The first-order chi connectivity index (χ1) is 23.4. The van der Waals surface area contributed by atoms with Crippen molar-refractivity contribution in [3.05, 3.63) is 23.8 Å². The van der Waals surface area contributed by atoms with E-state index in [2.05, 4.69) is 0 Å². The number of aliphatic hydroxyl groups excluding tert-OH is 8. The average molecular weight is 717 g/mol. The second-order valence-corrected chi connectivity index (χ2v) is 15.4. The average Bonchev–Trinajstić information content (AvgIpc) is 3.47. The summed E-state index contributed by atoms with van der Waals surface area (Å²) < 4.78 is 39.9. The van der Waals surface area contributed by atoms with E-state index in [9.17, 15) is 55.5 Å². The highest BCUT2D eigenvalue weighted by molar-refractivity contribution is 6.01. The van der Waals surface area contributed by atoms with Crippen LogP contribution in [0, 0.1) is 28.6 Å². The Labute approximate surface area is 287 Å². The van der Waals surface area contributed by atoms with Crippen LogP contribution in [-0.2, 0) is 28.5 Å². The number of carbonyl (C=O) groups excluding carboxylic acids is 2. The second kappa shape index (κ2) is 13.0. The summed E-state index contributed by atoms with van der Waals surface area (Å²) in [6.45, 7) is 1.38. The van der Waals surface area contributed by atoms with E-state index >= 15 is 4.39 Å². The third-order valence-electron chi connectivity index (χ3n) is 13.1. The molecule has 4 aliphatic carbocycles. The van der Waals surface area contributed by atoms with Crippen molar-refractivity contribution in [3.8, 4) is 0 Å². The smallest absolute Gasteiger partial charge is 0.222 e. The van der Waals surface area contributed by atoms with Gasteiger partial charge >= 0.3 is 0 Å². The van der Waals surface area contributed by atoms with E-state index < -0.39 is 133 Å². The maximum Gasteiger partial charge on any atom is 0.222 e. The molecule has 5 fully saturated rings. The Morgan fingerprint density at radius 3 is 2.34 bits per heavy atom. The lowest BCUT2D eigenvalue weighted by Crippen LogP contribution is -2.69. The van der Waals surface area contributed by atoms with Crippen molar-refractivity contribution in [1.82, 2.24) is 0 Å². The van der Waals surface area contributed by atoms with Crippen LogP contribution in [0.4, 0.5) is 4.39 Å². The van der Waals surface area contributed by atoms with Gasteiger partial charge in [0.2, 0.25) is 5.79 Å². The van der Waals surface area contributed by atoms with Gasteiger partial charge in [0.05, 0.1) is 19.3 Å². The van der Waals surface area contributed by atoms with Gasteiger partial charge in [-0.3, -0.25) is 9.59 Å². The van der Waals surface area contributed by atoms with Crippen molar-refractivity contribution >= 4 is 11.6 Å². The molecule has 17 atom stereocenters. The molecule has 0 spiro atoms. The Morgan fingerprint density at radius 1 is 1.02 bits per heavy atom. The van der Waals surface area contributed by atoms with Gasteiger partial charge in [-0.05, 0) is 56.6 Å². The summed E-state index contributed by atoms with van der Waals surface area (Å²) in [5.41, 5.74) is -6.33. The number of rotatable bonds is 9. The van der Waals surface area contributed by atoms with Crippen molar-refractivity contribution in [2.24, 2.45) is 28.6 Å². The van der Waals surface area contributed by atoms with Gasteiger partial charge in [-0.15, -0.1) is 0 Å². The van der Waals surface area contributed by atoms with E-state index in [0.717, 1.165) is 0 Å². The molecule has 6 aliphatic rings. The summed E-state index contributed by atoms with van der Waals surface area (Å²) in [5.74, 6) is -5.58. The first-order valence-electron chi connectivity index (χ1n) is 17.1. The summed E-state index contributed by atoms with van der Waals surface area (Å²) in [6, 6.07) is 0. The van der Waals surface area contributed by atoms with E-state index in [4.69, 9.17) is 18.9 Å². The zero-order valence-corrected chi connectivity index (χ0v) is 28.2. The summed E-state index contributed by atoms with van der Waals surface area (Å²) in [5, 5.41) is 95.8. The van der Waals surface area contributed by atoms with Crippen LogP contribution < -0.4 is 0 Å². The van der Waals surface area contributed by atoms with E-state index in [0.29, 0.717) is 12.0 Å². The van der Waals surface area contributed by atoms with Crippen molar-refractivity contribution in [3.63, 3.8) is 0 Å². The van der Waals surface area contributed by atoms with Crippen molar-refractivity contribution in [2.75, 3.05) is 26.4 Å². The highest BCUT2D eigenvalue weighted by Crippen LogP contribution is 2.70. The van der Waals surface area contributed by atoms with Gasteiger partial charge in [-0.1, -0.05) is 25.5 Å². The van der Waals surface area contributed by atoms with E-state index in [1.807, 2.05) is 0 Å². The number of ketones is 2. The predicted octanol–water partition coefficient (Wildman–Crippen LogP) is -2.45. The lowest BCUT2D eigenvalue weighted by atomic mass is 9.44. The van der Waals surface area contributed by atoms with Gasteiger partial charge in [0, 0.05) is 16.7 Å². The van der Waals surface area contributed by atoms with Gasteiger partial charge in [0.25, 0.3) is 0 Å². The summed E-state index contributed by atoms with van der Waals surface area (Å²) in [7, 11) is 0. The lowest BCUT2D eigenvalue weighted by Gasteiger charge is -2.62. The summed E-state index contributed by atoms with van der Waals surface area (Å²) in [4.78, 5) is 26.3. The fourth-order valence-corrected chi connectivity index (χ4v) is 10.2. The van der Waals surface area contributed by atoms with Crippen LogP contribution in [0.15, 0.2) is 23.8 Å². The third kappa shape index (κ3) is 5.10. The van der Waals surface area contributed by atoms with Crippen LogP contribution in [0.25, 0.3) is 0 Å². The molecule has 0 bridgehead atoms. The highest BCUT2D eigenvalue weighted by atomic mass is 19.1. The fraction of sp³-hybridized carbons (Fsp3) is 0.824. The molecule has 0 aromatic heterocycles. The topological polar surface area (TPSA) is 253 Å². The molecule has 0 aromatic rings. The van der Waals surface area contributed by atoms with Crippen LogP contribution in [0.2, 0.25) is 0 Å². The molecule has 2 aliphatic heterocycles. The number of alkyl halides is 1. The molecule has 0 aromatic carbocycles. The number of Topliss-reactive ketones (excluding diaryl/α,β-unsaturated/α-hetero) is 1. The Kier molecular flexibility index (Phi) is 9.85. The summed E-state index contributed by atoms with van der Waals surface area (Å²) in [6.07, 6.45) is -10.2. The number of halogens is 1. The molecular weight excluding hydrogens is 667 g/mol. The second-order valence-electron chi connectivity index (χ2n) is 15.4. The molecule has 15 nitrogen and oxygen atoms in total. The molecular formula is C34H49FO15. The minimum absolute atomic E-state index is 0.242. The molecule has 3 saturated carbocycles. The molecule has 0 amide bonds. The highest BCUT2D eigenvalue weighted by Gasteiger charge is 2.75. The molecule has 0 radical (unpaired) electrons. The standard InChI is InChI=1S/C34H49FO15/c1-15-8-19-18-5-4-16-9-17(39)6-7-30(16,2)33(18,35)22(40)10-31(19,3)34(15,46)23(41)13-47-32(14-38)28(45)27(21(12-37)50-32)49-29-26(44)25(43)24(42)20(11-36)48-29/h6-7,9,15,18-22,24-29,36-38,40,42-46H,4-5,8,10-14H2,1-3H3/t15-,18-,19-,20?,21+,22-,24-,25+,26?,27-,28?,29-,30-,31-,32+,33-,34-/m0/s1. The maximum atomic E-state index is 17.5. The number of hydrogen-bond acceptors (Lipinski definition) is 15. The molecule has 9 N–H and O–H groups in total. The van der Waals surface area contributed by atoms with Crippen LogP contribution in [0.3, 0.4) is 0 Å². The number of allylic oxidation sites excluding steroid dienone is 4. The van der Waals surface area contributed by atoms with Gasteiger partial charge in [0.1, 0.15) is 61.5 Å². The first-order valence-corrected chi connectivity index (χ1v) is 17.1. The molecule has 3 unspecified atom stereocenters. The molecule has 16 heteroatoms. The normalized spacial score (nSPS) is 53.1. The summed E-state index contributed by atoms with van der Waals surface area (Å²) >= 11 is 0. The van der Waals surface area contributed by atoms with Crippen LogP contribution in [0.1, 0.15) is 46.5 Å². The lowest BCUT2D eigenvalue weighted by molar-refractivity contribution is -0.319. The molecule has 282 valence electrons. The number of hydrogen-bond donors (Lipinski definition) is 9. The van der Waals surface area contributed by atoms with E-state index in [1.54, 1.807) is 20.8 Å². The molecule has 6 rings (SSSR count). The predicted molar refractivity (Wildman–Crippen MR) is 165 cm³/mol. The third-order valence-corrected chi connectivity index (χ3v) is 13.1. The Bertz CT molecular complexity index is 1410. The number of fused-ring (bicyclic) bond motifs is 5. The Balaban J connectivity index is 1.21. The van der Waals surface area contributed by atoms with Crippen molar-refractivity contribution in [1.29, 1.82) is 0 Å². The van der Waals surface area contributed by atoms with Crippen LogP contribution in [0.5, 0.6) is 0 Å². The quantitative estimate of drug-likeness (QED) is 0.120. The monoisotopic (exact) mass is 716 g/mol. The minimum atomic E-state index is -2.40. The molecule has 2 saturated heterocycles. The minimum Gasteiger partial charge on any atom is -0.394 e. The van der Waals surface area contributed by atoms with Crippen LogP contribution >= 0.6 is 0 Å². The van der Waals surface area contributed by atoms with Crippen molar-refractivity contribution < 1.29 is 78.9 Å². The van der Waals surface area contributed by atoms with Gasteiger partial charge in [-0.2, -0.15) is 0 Å². The number of carbonyl (C=O) groups is 2. The molecule has 2 heterocycles. The number of ether oxygens (including phenoxy) is 4.